The zero-order chi connectivity index (χ0) is 12.3. The Kier molecular flexibility index (Phi) is 4.89. The average Bonchev–Trinajstić information content (AvgIpc) is 2.77. The third-order valence-corrected chi connectivity index (χ3v) is 5.07. The first-order chi connectivity index (χ1) is 8.16. The minimum atomic E-state index is 0.413. The topological polar surface area (TPSA) is 12.0 Å². The second-order valence-electron chi connectivity index (χ2n) is 5.26. The summed E-state index contributed by atoms with van der Waals surface area (Å²) in [7, 11) is 0. The summed E-state index contributed by atoms with van der Waals surface area (Å²) in [5.41, 5.74) is 1.32. The standard InChI is InChI=1S/C14H22ClNS/c1-10(12-6-4-3-5-7-12)16-11(2)13-8-14(15)17-9-13/h8-12,16H,3-7H2,1-2H3/t10-,11?/m1/s1. The number of hydrogen-bond acceptors (Lipinski definition) is 2. The predicted octanol–water partition coefficient (Wildman–Crippen LogP) is 5.02. The summed E-state index contributed by atoms with van der Waals surface area (Å²) in [6, 6.07) is 3.11. The molecular formula is C14H22ClNS. The molecule has 1 unspecified atom stereocenters. The van der Waals surface area contributed by atoms with Gasteiger partial charge < -0.3 is 5.32 Å². The van der Waals surface area contributed by atoms with Crippen LogP contribution < -0.4 is 5.32 Å². The third-order valence-electron chi connectivity index (χ3n) is 3.96. The molecule has 1 aliphatic rings. The van der Waals surface area contributed by atoms with Crippen LogP contribution in [0.4, 0.5) is 0 Å². The number of thiophene rings is 1. The van der Waals surface area contributed by atoms with Gasteiger partial charge in [-0.2, -0.15) is 0 Å². The minimum absolute atomic E-state index is 0.413. The molecule has 2 rings (SSSR count). The maximum absolute atomic E-state index is 5.98. The van der Waals surface area contributed by atoms with E-state index < -0.39 is 0 Å². The molecule has 96 valence electrons. The summed E-state index contributed by atoms with van der Waals surface area (Å²) >= 11 is 7.60. The second-order valence-corrected chi connectivity index (χ2v) is 6.80. The third kappa shape index (κ3) is 3.70. The fourth-order valence-electron chi connectivity index (χ4n) is 2.81. The molecule has 1 saturated carbocycles. The SMILES string of the molecule is CC(N[C@H](C)C1CCCCC1)c1csc(Cl)c1. The molecule has 0 aromatic carbocycles. The highest BCUT2D eigenvalue weighted by atomic mass is 35.5. The second kappa shape index (κ2) is 6.21. The van der Waals surface area contributed by atoms with Crippen molar-refractivity contribution < 1.29 is 0 Å². The fourth-order valence-corrected chi connectivity index (χ4v) is 3.80. The zero-order valence-electron chi connectivity index (χ0n) is 10.7. The Morgan fingerprint density at radius 2 is 2.00 bits per heavy atom. The molecule has 0 spiro atoms. The summed E-state index contributed by atoms with van der Waals surface area (Å²) in [5, 5.41) is 5.89. The van der Waals surface area contributed by atoms with Crippen molar-refractivity contribution in [1.29, 1.82) is 0 Å². The van der Waals surface area contributed by atoms with E-state index in [0.717, 1.165) is 10.3 Å². The average molecular weight is 272 g/mol. The Labute approximate surface area is 114 Å². The van der Waals surface area contributed by atoms with Crippen LogP contribution in [-0.2, 0) is 0 Å². The van der Waals surface area contributed by atoms with Crippen molar-refractivity contribution in [3.8, 4) is 0 Å². The number of hydrogen-bond donors (Lipinski definition) is 1. The van der Waals surface area contributed by atoms with E-state index in [0.29, 0.717) is 12.1 Å². The molecule has 1 N–H and O–H groups in total. The molecular weight excluding hydrogens is 250 g/mol. The Hall–Kier alpha value is -0.0500. The predicted molar refractivity (Wildman–Crippen MR) is 76.9 cm³/mol. The molecule has 1 aliphatic carbocycles. The van der Waals surface area contributed by atoms with Gasteiger partial charge in [0, 0.05) is 12.1 Å². The first-order valence-corrected chi connectivity index (χ1v) is 7.92. The van der Waals surface area contributed by atoms with Gasteiger partial charge in [-0.15, -0.1) is 11.3 Å². The largest absolute Gasteiger partial charge is 0.307 e. The van der Waals surface area contributed by atoms with Crippen LogP contribution in [0.25, 0.3) is 0 Å². The Bertz CT molecular complexity index is 344. The lowest BCUT2D eigenvalue weighted by Gasteiger charge is -2.30. The lowest BCUT2D eigenvalue weighted by Crippen LogP contribution is -2.36. The van der Waals surface area contributed by atoms with Gasteiger partial charge in [-0.1, -0.05) is 30.9 Å². The highest BCUT2D eigenvalue weighted by Gasteiger charge is 2.21. The summed E-state index contributed by atoms with van der Waals surface area (Å²) in [6.45, 7) is 4.57. The Balaban J connectivity index is 1.87. The molecule has 1 fully saturated rings. The van der Waals surface area contributed by atoms with Gasteiger partial charge in [0.1, 0.15) is 0 Å². The van der Waals surface area contributed by atoms with E-state index in [1.165, 1.54) is 37.7 Å². The summed E-state index contributed by atoms with van der Waals surface area (Å²) in [5.74, 6) is 0.861. The van der Waals surface area contributed by atoms with Crippen LogP contribution in [0.5, 0.6) is 0 Å². The maximum Gasteiger partial charge on any atom is 0.0931 e. The Morgan fingerprint density at radius 3 is 2.59 bits per heavy atom. The van der Waals surface area contributed by atoms with Crippen LogP contribution >= 0.6 is 22.9 Å². The Morgan fingerprint density at radius 1 is 1.29 bits per heavy atom. The lowest BCUT2D eigenvalue weighted by molar-refractivity contribution is 0.268. The lowest BCUT2D eigenvalue weighted by atomic mass is 9.84. The van der Waals surface area contributed by atoms with Crippen molar-refractivity contribution in [1.82, 2.24) is 5.32 Å². The van der Waals surface area contributed by atoms with E-state index in [1.54, 1.807) is 11.3 Å². The quantitative estimate of drug-likeness (QED) is 0.811. The molecule has 1 aromatic rings. The molecule has 1 aromatic heterocycles. The van der Waals surface area contributed by atoms with Crippen LogP contribution in [0.2, 0.25) is 4.34 Å². The van der Waals surface area contributed by atoms with Crippen molar-refractivity contribution in [2.24, 2.45) is 5.92 Å². The molecule has 0 bridgehead atoms. The summed E-state index contributed by atoms with van der Waals surface area (Å²) in [4.78, 5) is 0. The highest BCUT2D eigenvalue weighted by Crippen LogP contribution is 2.29. The fraction of sp³-hybridized carbons (Fsp3) is 0.714. The van der Waals surface area contributed by atoms with Gasteiger partial charge in [-0.05, 0) is 49.6 Å². The van der Waals surface area contributed by atoms with Gasteiger partial charge in [0.25, 0.3) is 0 Å². The number of halogens is 1. The van der Waals surface area contributed by atoms with E-state index in [4.69, 9.17) is 11.6 Å². The first kappa shape index (κ1) is 13.4. The van der Waals surface area contributed by atoms with Crippen LogP contribution in [-0.4, -0.2) is 6.04 Å². The van der Waals surface area contributed by atoms with Crippen LogP contribution in [0.15, 0.2) is 11.4 Å². The summed E-state index contributed by atoms with van der Waals surface area (Å²) in [6.07, 6.45) is 7.04. The maximum atomic E-state index is 5.98. The van der Waals surface area contributed by atoms with Crippen LogP contribution in [0, 0.1) is 5.92 Å². The molecule has 0 aliphatic heterocycles. The molecule has 3 heteroatoms. The molecule has 0 amide bonds. The number of rotatable bonds is 4. The smallest absolute Gasteiger partial charge is 0.0931 e. The molecule has 1 heterocycles. The minimum Gasteiger partial charge on any atom is -0.307 e. The number of nitrogens with one attached hydrogen (secondary N) is 1. The highest BCUT2D eigenvalue weighted by molar-refractivity contribution is 7.14. The van der Waals surface area contributed by atoms with Crippen molar-refractivity contribution in [2.45, 2.75) is 58.0 Å². The van der Waals surface area contributed by atoms with Crippen molar-refractivity contribution in [3.05, 3.63) is 21.3 Å². The molecule has 17 heavy (non-hydrogen) atoms. The van der Waals surface area contributed by atoms with Crippen molar-refractivity contribution >= 4 is 22.9 Å². The normalized spacial score (nSPS) is 21.4. The monoisotopic (exact) mass is 271 g/mol. The van der Waals surface area contributed by atoms with Crippen LogP contribution in [0.3, 0.4) is 0 Å². The first-order valence-electron chi connectivity index (χ1n) is 6.67. The zero-order valence-corrected chi connectivity index (χ0v) is 12.3. The molecule has 2 atom stereocenters. The van der Waals surface area contributed by atoms with Gasteiger partial charge in [0.05, 0.1) is 4.34 Å². The van der Waals surface area contributed by atoms with Gasteiger partial charge in [0.2, 0.25) is 0 Å². The molecule has 1 nitrogen and oxygen atoms in total. The van der Waals surface area contributed by atoms with Gasteiger partial charge in [0.15, 0.2) is 0 Å². The summed E-state index contributed by atoms with van der Waals surface area (Å²) < 4.78 is 0.888. The van der Waals surface area contributed by atoms with Crippen LogP contribution in [0.1, 0.15) is 57.6 Å². The van der Waals surface area contributed by atoms with E-state index in [2.05, 4.69) is 30.6 Å². The van der Waals surface area contributed by atoms with E-state index in [1.807, 2.05) is 0 Å². The van der Waals surface area contributed by atoms with E-state index in [9.17, 15) is 0 Å². The van der Waals surface area contributed by atoms with Gasteiger partial charge >= 0.3 is 0 Å². The van der Waals surface area contributed by atoms with E-state index >= 15 is 0 Å². The van der Waals surface area contributed by atoms with Crippen molar-refractivity contribution in [3.63, 3.8) is 0 Å². The van der Waals surface area contributed by atoms with Gasteiger partial charge in [-0.25, -0.2) is 0 Å². The van der Waals surface area contributed by atoms with Crippen molar-refractivity contribution in [2.75, 3.05) is 0 Å². The van der Waals surface area contributed by atoms with Gasteiger partial charge in [-0.3, -0.25) is 0 Å². The molecule has 0 saturated heterocycles. The van der Waals surface area contributed by atoms with E-state index in [-0.39, 0.29) is 0 Å². The molecule has 0 radical (unpaired) electrons.